The van der Waals surface area contributed by atoms with Crippen LogP contribution in [-0.4, -0.2) is 42.8 Å². The first-order valence-corrected chi connectivity index (χ1v) is 6.15. The van der Waals surface area contributed by atoms with Crippen LogP contribution in [0.1, 0.15) is 34.1 Å². The molecule has 0 amide bonds. The molecule has 90 valence electrons. The number of nitrogens with two attached hydrogens (primary N) is 1. The number of rotatable bonds is 4. The summed E-state index contributed by atoms with van der Waals surface area (Å²) >= 11 is 0. The summed E-state index contributed by atoms with van der Waals surface area (Å²) in [6.07, 6.45) is 1.51. The van der Waals surface area contributed by atoms with Crippen molar-refractivity contribution in [3.63, 3.8) is 0 Å². The standard InChI is InChI=1S/C12H26N2O/c1-5-9(2)12(13)7-14-6-11(4)15-8-10(14)3/h9-12H,5-8,13H2,1-4H3. The van der Waals surface area contributed by atoms with Gasteiger partial charge >= 0.3 is 0 Å². The van der Waals surface area contributed by atoms with Crippen LogP contribution in [-0.2, 0) is 4.74 Å². The predicted octanol–water partition coefficient (Wildman–Crippen LogP) is 1.47. The second-order valence-corrected chi connectivity index (χ2v) is 5.00. The van der Waals surface area contributed by atoms with Crippen LogP contribution in [0.2, 0.25) is 0 Å². The third-order valence-corrected chi connectivity index (χ3v) is 3.56. The number of morpholine rings is 1. The van der Waals surface area contributed by atoms with Gasteiger partial charge in [0.05, 0.1) is 12.7 Å². The number of nitrogens with zero attached hydrogens (tertiary/aromatic N) is 1. The lowest BCUT2D eigenvalue weighted by atomic mass is 9.99. The van der Waals surface area contributed by atoms with Crippen molar-refractivity contribution in [3.8, 4) is 0 Å². The highest BCUT2D eigenvalue weighted by Gasteiger charge is 2.25. The molecule has 1 aliphatic rings. The van der Waals surface area contributed by atoms with Crippen LogP contribution in [0.5, 0.6) is 0 Å². The third kappa shape index (κ3) is 3.74. The van der Waals surface area contributed by atoms with Gasteiger partial charge in [-0.1, -0.05) is 20.3 Å². The molecule has 0 aromatic rings. The van der Waals surface area contributed by atoms with Crippen molar-refractivity contribution in [2.45, 2.75) is 52.3 Å². The number of ether oxygens (including phenoxy) is 1. The fraction of sp³-hybridized carbons (Fsp3) is 1.00. The zero-order valence-electron chi connectivity index (χ0n) is 10.6. The Labute approximate surface area is 94.0 Å². The Balaban J connectivity index is 2.41. The summed E-state index contributed by atoms with van der Waals surface area (Å²) < 4.78 is 5.61. The monoisotopic (exact) mass is 214 g/mol. The van der Waals surface area contributed by atoms with Crippen molar-refractivity contribution in [1.29, 1.82) is 0 Å². The zero-order chi connectivity index (χ0) is 11.4. The van der Waals surface area contributed by atoms with Gasteiger partial charge in [-0.2, -0.15) is 0 Å². The van der Waals surface area contributed by atoms with Gasteiger partial charge in [-0.25, -0.2) is 0 Å². The summed E-state index contributed by atoms with van der Waals surface area (Å²) in [7, 11) is 0. The van der Waals surface area contributed by atoms with E-state index in [2.05, 4.69) is 32.6 Å². The molecule has 1 rings (SSSR count). The summed E-state index contributed by atoms with van der Waals surface area (Å²) in [6, 6.07) is 0.805. The third-order valence-electron chi connectivity index (χ3n) is 3.56. The van der Waals surface area contributed by atoms with Crippen molar-refractivity contribution >= 4 is 0 Å². The van der Waals surface area contributed by atoms with E-state index in [1.807, 2.05) is 0 Å². The first-order chi connectivity index (χ1) is 7.04. The van der Waals surface area contributed by atoms with E-state index >= 15 is 0 Å². The summed E-state index contributed by atoms with van der Waals surface area (Å²) in [5.74, 6) is 0.607. The summed E-state index contributed by atoms with van der Waals surface area (Å²) in [4.78, 5) is 2.46. The topological polar surface area (TPSA) is 38.5 Å². The van der Waals surface area contributed by atoms with Crippen LogP contribution in [0.25, 0.3) is 0 Å². The highest BCUT2D eigenvalue weighted by atomic mass is 16.5. The number of hydrogen-bond acceptors (Lipinski definition) is 3. The van der Waals surface area contributed by atoms with E-state index in [1.54, 1.807) is 0 Å². The molecule has 1 heterocycles. The fourth-order valence-electron chi connectivity index (χ4n) is 1.98. The smallest absolute Gasteiger partial charge is 0.0674 e. The molecule has 0 radical (unpaired) electrons. The van der Waals surface area contributed by atoms with E-state index in [9.17, 15) is 0 Å². The molecular formula is C12H26N2O. The molecule has 0 aromatic carbocycles. The van der Waals surface area contributed by atoms with Gasteiger partial charge in [0.15, 0.2) is 0 Å². The molecule has 3 heteroatoms. The van der Waals surface area contributed by atoms with Crippen LogP contribution < -0.4 is 5.73 Å². The maximum absolute atomic E-state index is 6.18. The minimum atomic E-state index is 0.294. The Kier molecular flexibility index (Phi) is 5.03. The summed E-state index contributed by atoms with van der Waals surface area (Å²) in [5.41, 5.74) is 6.18. The first kappa shape index (κ1) is 12.9. The van der Waals surface area contributed by atoms with Crippen LogP contribution in [0.4, 0.5) is 0 Å². The molecular weight excluding hydrogens is 188 g/mol. The quantitative estimate of drug-likeness (QED) is 0.770. The van der Waals surface area contributed by atoms with Crippen LogP contribution in [0, 0.1) is 5.92 Å². The van der Waals surface area contributed by atoms with E-state index < -0.39 is 0 Å². The predicted molar refractivity (Wildman–Crippen MR) is 63.9 cm³/mol. The fourth-order valence-corrected chi connectivity index (χ4v) is 1.98. The van der Waals surface area contributed by atoms with Crippen LogP contribution in [0.15, 0.2) is 0 Å². The molecule has 1 saturated heterocycles. The van der Waals surface area contributed by atoms with E-state index in [1.165, 1.54) is 0 Å². The van der Waals surface area contributed by atoms with Gasteiger partial charge in [0.1, 0.15) is 0 Å². The molecule has 0 bridgehead atoms. The van der Waals surface area contributed by atoms with Gasteiger partial charge in [0, 0.05) is 25.2 Å². The molecule has 1 fully saturated rings. The van der Waals surface area contributed by atoms with Gasteiger partial charge in [0.2, 0.25) is 0 Å². The van der Waals surface area contributed by atoms with Gasteiger partial charge in [-0.15, -0.1) is 0 Å². The zero-order valence-corrected chi connectivity index (χ0v) is 10.6. The Morgan fingerprint density at radius 3 is 2.73 bits per heavy atom. The number of hydrogen-bond donors (Lipinski definition) is 1. The van der Waals surface area contributed by atoms with Crippen molar-refractivity contribution in [3.05, 3.63) is 0 Å². The molecule has 2 N–H and O–H groups in total. The Morgan fingerprint density at radius 2 is 2.13 bits per heavy atom. The lowest BCUT2D eigenvalue weighted by molar-refractivity contribution is -0.0523. The molecule has 4 atom stereocenters. The highest BCUT2D eigenvalue weighted by Crippen LogP contribution is 2.14. The maximum atomic E-state index is 6.18. The Morgan fingerprint density at radius 1 is 1.47 bits per heavy atom. The largest absolute Gasteiger partial charge is 0.376 e. The molecule has 0 aromatic heterocycles. The Bertz CT molecular complexity index is 186. The second kappa shape index (κ2) is 5.83. The summed E-state index contributed by atoms with van der Waals surface area (Å²) in [6.45, 7) is 11.7. The maximum Gasteiger partial charge on any atom is 0.0674 e. The normalized spacial score (nSPS) is 32.6. The van der Waals surface area contributed by atoms with Crippen LogP contribution in [0.3, 0.4) is 0 Å². The van der Waals surface area contributed by atoms with E-state index in [4.69, 9.17) is 10.5 Å². The van der Waals surface area contributed by atoms with E-state index in [0.29, 0.717) is 24.1 Å². The molecule has 0 spiro atoms. The molecule has 1 aliphatic heterocycles. The summed E-state index contributed by atoms with van der Waals surface area (Å²) in [5, 5.41) is 0. The second-order valence-electron chi connectivity index (χ2n) is 5.00. The minimum absolute atomic E-state index is 0.294. The van der Waals surface area contributed by atoms with Gasteiger partial charge in [-0.3, -0.25) is 4.90 Å². The van der Waals surface area contributed by atoms with Gasteiger partial charge in [-0.05, 0) is 19.8 Å². The lowest BCUT2D eigenvalue weighted by Crippen LogP contribution is -2.52. The van der Waals surface area contributed by atoms with Gasteiger partial charge < -0.3 is 10.5 Å². The Hall–Kier alpha value is -0.120. The average Bonchev–Trinajstić information content (AvgIpc) is 2.22. The van der Waals surface area contributed by atoms with Gasteiger partial charge in [0.25, 0.3) is 0 Å². The molecule has 0 aliphatic carbocycles. The highest BCUT2D eigenvalue weighted by molar-refractivity contribution is 4.80. The van der Waals surface area contributed by atoms with Crippen molar-refractivity contribution in [2.75, 3.05) is 19.7 Å². The lowest BCUT2D eigenvalue weighted by Gasteiger charge is -2.39. The molecule has 0 saturated carbocycles. The van der Waals surface area contributed by atoms with Crippen molar-refractivity contribution in [2.24, 2.45) is 11.7 Å². The molecule has 4 unspecified atom stereocenters. The van der Waals surface area contributed by atoms with E-state index in [-0.39, 0.29) is 0 Å². The first-order valence-electron chi connectivity index (χ1n) is 6.15. The minimum Gasteiger partial charge on any atom is -0.376 e. The van der Waals surface area contributed by atoms with Crippen molar-refractivity contribution < 1.29 is 4.74 Å². The van der Waals surface area contributed by atoms with E-state index in [0.717, 1.165) is 26.1 Å². The molecule has 15 heavy (non-hydrogen) atoms. The molecule has 3 nitrogen and oxygen atoms in total. The van der Waals surface area contributed by atoms with Crippen LogP contribution >= 0.6 is 0 Å². The average molecular weight is 214 g/mol. The SMILES string of the molecule is CCC(C)C(N)CN1CC(C)OCC1C. The van der Waals surface area contributed by atoms with Crippen molar-refractivity contribution in [1.82, 2.24) is 4.90 Å².